The molecule has 18 heavy (non-hydrogen) atoms. The standard InChI is InChI=1S/C14H19N3S/c1-10-3-4-12-13(7-10)17(14(18)15-12)9-11-5-6-16(2)8-11/h3-4,7,11H,5-6,8-9H2,1-2H3,(H,15,18). The number of benzene rings is 1. The molecule has 0 saturated carbocycles. The number of likely N-dealkylation sites (tertiary alicyclic amines) is 1. The number of aryl methyl sites for hydroxylation is 1. The molecule has 0 bridgehead atoms. The number of hydrogen-bond acceptors (Lipinski definition) is 2. The maximum absolute atomic E-state index is 5.45. The highest BCUT2D eigenvalue weighted by molar-refractivity contribution is 7.71. The molecule has 2 aromatic rings. The van der Waals surface area contributed by atoms with Gasteiger partial charge >= 0.3 is 0 Å². The monoisotopic (exact) mass is 261 g/mol. The number of H-pyrrole nitrogens is 1. The number of nitrogens with zero attached hydrogens (tertiary/aromatic N) is 2. The third kappa shape index (κ3) is 2.10. The van der Waals surface area contributed by atoms with E-state index in [1.54, 1.807) is 0 Å². The second kappa shape index (κ2) is 4.52. The quantitative estimate of drug-likeness (QED) is 0.840. The van der Waals surface area contributed by atoms with E-state index >= 15 is 0 Å². The van der Waals surface area contributed by atoms with Crippen LogP contribution in [-0.4, -0.2) is 34.6 Å². The first kappa shape index (κ1) is 11.9. The molecule has 1 aromatic carbocycles. The van der Waals surface area contributed by atoms with E-state index < -0.39 is 0 Å². The molecule has 2 heterocycles. The molecule has 0 radical (unpaired) electrons. The van der Waals surface area contributed by atoms with Gasteiger partial charge in [-0.25, -0.2) is 0 Å². The summed E-state index contributed by atoms with van der Waals surface area (Å²) in [5, 5.41) is 0. The summed E-state index contributed by atoms with van der Waals surface area (Å²) < 4.78 is 3.12. The summed E-state index contributed by atoms with van der Waals surface area (Å²) in [5.74, 6) is 0.723. The van der Waals surface area contributed by atoms with Gasteiger partial charge in [0.2, 0.25) is 0 Å². The topological polar surface area (TPSA) is 24.0 Å². The summed E-state index contributed by atoms with van der Waals surface area (Å²) >= 11 is 5.45. The zero-order valence-corrected chi connectivity index (χ0v) is 11.8. The number of aromatic amines is 1. The zero-order valence-electron chi connectivity index (χ0n) is 10.9. The summed E-state index contributed by atoms with van der Waals surface area (Å²) in [7, 11) is 2.19. The fourth-order valence-electron chi connectivity index (χ4n) is 2.88. The van der Waals surface area contributed by atoms with Crippen LogP contribution < -0.4 is 0 Å². The van der Waals surface area contributed by atoms with Crippen LogP contribution in [0, 0.1) is 17.6 Å². The van der Waals surface area contributed by atoms with Crippen LogP contribution in [0.2, 0.25) is 0 Å². The van der Waals surface area contributed by atoms with Crippen molar-refractivity contribution in [3.63, 3.8) is 0 Å². The Morgan fingerprint density at radius 2 is 2.28 bits per heavy atom. The molecule has 1 aliphatic heterocycles. The smallest absolute Gasteiger partial charge is 0.178 e. The first-order valence-electron chi connectivity index (χ1n) is 6.51. The summed E-state index contributed by atoms with van der Waals surface area (Å²) in [6, 6.07) is 6.47. The SMILES string of the molecule is Cc1ccc2[nH]c(=S)n(CC3CCN(C)C3)c2c1. The van der Waals surface area contributed by atoms with Crippen molar-refractivity contribution in [1.82, 2.24) is 14.5 Å². The Balaban J connectivity index is 1.98. The van der Waals surface area contributed by atoms with Gasteiger partial charge in [-0.05, 0) is 62.8 Å². The molecule has 4 heteroatoms. The second-order valence-electron chi connectivity index (χ2n) is 5.48. The van der Waals surface area contributed by atoms with Crippen LogP contribution >= 0.6 is 12.2 Å². The zero-order chi connectivity index (χ0) is 12.7. The van der Waals surface area contributed by atoms with Gasteiger partial charge in [-0.1, -0.05) is 6.07 Å². The molecule has 0 spiro atoms. The molecule has 3 nitrogen and oxygen atoms in total. The van der Waals surface area contributed by atoms with Crippen molar-refractivity contribution < 1.29 is 0 Å². The van der Waals surface area contributed by atoms with Crippen LogP contribution in [0.25, 0.3) is 11.0 Å². The third-order valence-electron chi connectivity index (χ3n) is 3.86. The summed E-state index contributed by atoms with van der Waals surface area (Å²) in [4.78, 5) is 5.70. The minimum Gasteiger partial charge on any atom is -0.331 e. The Hall–Kier alpha value is -1.13. The van der Waals surface area contributed by atoms with Crippen molar-refractivity contribution in [3.8, 4) is 0 Å². The number of nitrogens with one attached hydrogen (secondary N) is 1. The lowest BCUT2D eigenvalue weighted by atomic mass is 10.1. The van der Waals surface area contributed by atoms with Gasteiger partial charge in [-0.15, -0.1) is 0 Å². The largest absolute Gasteiger partial charge is 0.331 e. The van der Waals surface area contributed by atoms with Crippen molar-refractivity contribution >= 4 is 23.3 Å². The summed E-state index contributed by atoms with van der Waals surface area (Å²) in [6.45, 7) is 5.55. The van der Waals surface area contributed by atoms with Crippen LogP contribution in [-0.2, 0) is 6.54 Å². The molecule has 1 unspecified atom stereocenters. The van der Waals surface area contributed by atoms with Gasteiger partial charge < -0.3 is 14.5 Å². The van der Waals surface area contributed by atoms with E-state index in [9.17, 15) is 0 Å². The number of aromatic nitrogens is 2. The average molecular weight is 261 g/mol. The van der Waals surface area contributed by atoms with Crippen molar-refractivity contribution in [3.05, 3.63) is 28.5 Å². The van der Waals surface area contributed by atoms with Crippen LogP contribution in [0.5, 0.6) is 0 Å². The first-order chi connectivity index (χ1) is 8.63. The molecule has 3 rings (SSSR count). The fourth-order valence-corrected chi connectivity index (χ4v) is 3.16. The Bertz CT molecular complexity index is 625. The van der Waals surface area contributed by atoms with E-state index in [-0.39, 0.29) is 0 Å². The molecule has 1 atom stereocenters. The molecular weight excluding hydrogens is 242 g/mol. The maximum Gasteiger partial charge on any atom is 0.178 e. The number of fused-ring (bicyclic) bond motifs is 1. The number of rotatable bonds is 2. The first-order valence-corrected chi connectivity index (χ1v) is 6.92. The van der Waals surface area contributed by atoms with Gasteiger partial charge in [0.15, 0.2) is 4.77 Å². The van der Waals surface area contributed by atoms with E-state index in [0.717, 1.165) is 22.8 Å². The van der Waals surface area contributed by atoms with Gasteiger partial charge in [-0.3, -0.25) is 0 Å². The van der Waals surface area contributed by atoms with E-state index in [1.807, 2.05) is 0 Å². The highest BCUT2D eigenvalue weighted by Gasteiger charge is 2.20. The minimum atomic E-state index is 0.723. The van der Waals surface area contributed by atoms with E-state index in [0.29, 0.717) is 0 Å². The normalized spacial score (nSPS) is 20.9. The van der Waals surface area contributed by atoms with Gasteiger partial charge in [0.25, 0.3) is 0 Å². The lowest BCUT2D eigenvalue weighted by Gasteiger charge is -2.12. The molecular formula is C14H19N3S. The molecule has 0 aliphatic carbocycles. The predicted molar refractivity (Wildman–Crippen MR) is 77.5 cm³/mol. The number of imidazole rings is 1. The van der Waals surface area contributed by atoms with E-state index in [1.165, 1.54) is 30.6 Å². The Morgan fingerprint density at radius 1 is 1.44 bits per heavy atom. The van der Waals surface area contributed by atoms with Crippen molar-refractivity contribution in [2.75, 3.05) is 20.1 Å². The Labute approximate surface area is 112 Å². The molecule has 96 valence electrons. The van der Waals surface area contributed by atoms with Crippen LogP contribution in [0.1, 0.15) is 12.0 Å². The highest BCUT2D eigenvalue weighted by Crippen LogP contribution is 2.21. The third-order valence-corrected chi connectivity index (χ3v) is 4.18. The fraction of sp³-hybridized carbons (Fsp3) is 0.500. The van der Waals surface area contributed by atoms with E-state index in [2.05, 4.69) is 46.6 Å². The van der Waals surface area contributed by atoms with Gasteiger partial charge in [0.1, 0.15) is 0 Å². The molecule has 1 fully saturated rings. The van der Waals surface area contributed by atoms with Crippen molar-refractivity contribution in [1.29, 1.82) is 0 Å². The lowest BCUT2D eigenvalue weighted by molar-refractivity contribution is 0.379. The maximum atomic E-state index is 5.45. The van der Waals surface area contributed by atoms with Crippen LogP contribution in [0.3, 0.4) is 0 Å². The lowest BCUT2D eigenvalue weighted by Crippen LogP contribution is -2.17. The summed E-state index contributed by atoms with van der Waals surface area (Å²) in [5.41, 5.74) is 3.68. The van der Waals surface area contributed by atoms with E-state index in [4.69, 9.17) is 12.2 Å². The van der Waals surface area contributed by atoms with Crippen LogP contribution in [0.15, 0.2) is 18.2 Å². The minimum absolute atomic E-state index is 0.723. The molecule has 1 aromatic heterocycles. The van der Waals surface area contributed by atoms with Gasteiger partial charge in [-0.2, -0.15) is 0 Å². The highest BCUT2D eigenvalue weighted by atomic mass is 32.1. The second-order valence-corrected chi connectivity index (χ2v) is 5.87. The predicted octanol–water partition coefficient (Wildman–Crippen LogP) is 2.96. The molecule has 0 amide bonds. The average Bonchev–Trinajstić information content (AvgIpc) is 2.86. The summed E-state index contributed by atoms with van der Waals surface area (Å²) in [6.07, 6.45) is 1.27. The van der Waals surface area contributed by atoms with Gasteiger partial charge in [0.05, 0.1) is 11.0 Å². The number of hydrogen-bond donors (Lipinski definition) is 1. The van der Waals surface area contributed by atoms with Crippen LogP contribution in [0.4, 0.5) is 0 Å². The van der Waals surface area contributed by atoms with Crippen molar-refractivity contribution in [2.24, 2.45) is 5.92 Å². The molecule has 1 N–H and O–H groups in total. The molecule has 1 aliphatic rings. The van der Waals surface area contributed by atoms with Crippen molar-refractivity contribution in [2.45, 2.75) is 19.9 Å². The Kier molecular flexibility index (Phi) is 2.99. The van der Waals surface area contributed by atoms with Gasteiger partial charge in [0, 0.05) is 13.1 Å². The molecule has 1 saturated heterocycles. The Morgan fingerprint density at radius 3 is 3.00 bits per heavy atom.